The van der Waals surface area contributed by atoms with Crippen LogP contribution in [-0.4, -0.2) is 26.4 Å². The first-order valence-electron chi connectivity index (χ1n) is 6.97. The fourth-order valence-corrected chi connectivity index (χ4v) is 3.19. The van der Waals surface area contributed by atoms with Gasteiger partial charge in [0.2, 0.25) is 0 Å². The Morgan fingerprint density at radius 2 is 2.32 bits per heavy atom. The Hall–Kier alpha value is -0.580. The van der Waals surface area contributed by atoms with E-state index >= 15 is 0 Å². The number of ether oxygens (including phenoxy) is 2. The predicted octanol–water partition coefficient (Wildman–Crippen LogP) is 3.68. The minimum absolute atomic E-state index is 0.227. The van der Waals surface area contributed by atoms with E-state index in [1.54, 1.807) is 0 Å². The van der Waals surface area contributed by atoms with Crippen molar-refractivity contribution >= 4 is 15.9 Å². The molecule has 0 amide bonds. The van der Waals surface area contributed by atoms with Gasteiger partial charge in [0.15, 0.2) is 0 Å². The van der Waals surface area contributed by atoms with Gasteiger partial charge in [-0.1, -0.05) is 22.0 Å². The Bertz CT molecular complexity index is 405. The van der Waals surface area contributed by atoms with E-state index in [1.807, 2.05) is 26.1 Å². The highest BCUT2D eigenvalue weighted by atomic mass is 79.9. The molecule has 0 saturated carbocycles. The van der Waals surface area contributed by atoms with Crippen molar-refractivity contribution in [1.29, 1.82) is 0 Å². The summed E-state index contributed by atoms with van der Waals surface area (Å²) in [4.78, 5) is 0. The van der Waals surface area contributed by atoms with Crippen LogP contribution < -0.4 is 10.1 Å². The number of nitrogens with one attached hydrogen (secondary N) is 1. The molecule has 0 spiro atoms. The van der Waals surface area contributed by atoms with Crippen LogP contribution >= 0.6 is 15.9 Å². The predicted molar refractivity (Wildman–Crippen MR) is 80.7 cm³/mol. The molecule has 3 nitrogen and oxygen atoms in total. The summed E-state index contributed by atoms with van der Waals surface area (Å²) in [7, 11) is 1.99. The smallest absolute Gasteiger partial charge is 0.120 e. The fraction of sp³-hybridized carbons (Fsp3) is 0.600. The lowest BCUT2D eigenvalue weighted by molar-refractivity contribution is -0.00677. The largest absolute Gasteiger partial charge is 0.494 e. The van der Waals surface area contributed by atoms with Crippen molar-refractivity contribution in [3.8, 4) is 5.75 Å². The summed E-state index contributed by atoms with van der Waals surface area (Å²) in [6.45, 7) is 3.55. The number of hydrogen-bond acceptors (Lipinski definition) is 3. The SMILES string of the molecule is CCOc1ccc(C(NC)C2CCCCO2)c(Br)c1. The molecule has 106 valence electrons. The van der Waals surface area contributed by atoms with Crippen LogP contribution in [0, 0.1) is 0 Å². The number of rotatable bonds is 5. The van der Waals surface area contributed by atoms with Crippen LogP contribution in [0.15, 0.2) is 22.7 Å². The third-order valence-corrected chi connectivity index (χ3v) is 4.20. The third kappa shape index (κ3) is 3.71. The van der Waals surface area contributed by atoms with Crippen molar-refractivity contribution in [3.05, 3.63) is 28.2 Å². The molecule has 2 rings (SSSR count). The van der Waals surface area contributed by atoms with Crippen molar-refractivity contribution < 1.29 is 9.47 Å². The Balaban J connectivity index is 2.17. The van der Waals surface area contributed by atoms with E-state index in [4.69, 9.17) is 9.47 Å². The molecule has 1 aromatic carbocycles. The maximum absolute atomic E-state index is 5.90. The highest BCUT2D eigenvalue weighted by Gasteiger charge is 2.26. The first-order chi connectivity index (χ1) is 9.26. The van der Waals surface area contributed by atoms with Crippen molar-refractivity contribution in [2.24, 2.45) is 0 Å². The standard InChI is InChI=1S/C15H22BrNO2/c1-3-18-11-7-8-12(13(16)10-11)15(17-2)14-6-4-5-9-19-14/h7-8,10,14-15,17H,3-6,9H2,1-2H3. The van der Waals surface area contributed by atoms with Crippen LogP contribution in [0.25, 0.3) is 0 Å². The van der Waals surface area contributed by atoms with E-state index in [9.17, 15) is 0 Å². The molecule has 0 aromatic heterocycles. The van der Waals surface area contributed by atoms with Crippen LogP contribution in [0.4, 0.5) is 0 Å². The summed E-state index contributed by atoms with van der Waals surface area (Å²) in [5.41, 5.74) is 1.23. The zero-order chi connectivity index (χ0) is 13.7. The summed E-state index contributed by atoms with van der Waals surface area (Å²) in [5.74, 6) is 0.901. The normalized spacial score (nSPS) is 21.1. The van der Waals surface area contributed by atoms with E-state index in [0.29, 0.717) is 6.61 Å². The first kappa shape index (κ1) is 14.8. The van der Waals surface area contributed by atoms with Crippen LogP contribution in [-0.2, 0) is 4.74 Å². The molecule has 0 radical (unpaired) electrons. The van der Waals surface area contributed by atoms with Crippen LogP contribution in [0.5, 0.6) is 5.75 Å². The van der Waals surface area contributed by atoms with Crippen molar-refractivity contribution in [2.75, 3.05) is 20.3 Å². The van der Waals surface area contributed by atoms with Crippen LogP contribution in [0.2, 0.25) is 0 Å². The molecule has 2 unspecified atom stereocenters. The molecule has 19 heavy (non-hydrogen) atoms. The van der Waals surface area contributed by atoms with E-state index in [1.165, 1.54) is 18.4 Å². The van der Waals surface area contributed by atoms with Crippen LogP contribution in [0.3, 0.4) is 0 Å². The average molecular weight is 328 g/mol. The molecule has 1 aliphatic rings. The summed E-state index contributed by atoms with van der Waals surface area (Å²) >= 11 is 3.65. The van der Waals surface area contributed by atoms with Crippen molar-refractivity contribution in [1.82, 2.24) is 5.32 Å². The zero-order valence-electron chi connectivity index (χ0n) is 11.6. The Morgan fingerprint density at radius 1 is 1.47 bits per heavy atom. The van der Waals surface area contributed by atoms with Gasteiger partial charge in [-0.25, -0.2) is 0 Å². The Morgan fingerprint density at radius 3 is 2.89 bits per heavy atom. The highest BCUT2D eigenvalue weighted by Crippen LogP contribution is 2.33. The molecule has 0 bridgehead atoms. The number of benzene rings is 1. The van der Waals surface area contributed by atoms with Gasteiger partial charge in [0.1, 0.15) is 5.75 Å². The lowest BCUT2D eigenvalue weighted by Crippen LogP contribution is -2.34. The van der Waals surface area contributed by atoms with Gasteiger partial charge in [-0.3, -0.25) is 0 Å². The molecular formula is C15H22BrNO2. The van der Waals surface area contributed by atoms with E-state index < -0.39 is 0 Å². The second-order valence-electron chi connectivity index (χ2n) is 4.79. The van der Waals surface area contributed by atoms with Gasteiger partial charge in [-0.05, 0) is 50.9 Å². The van der Waals surface area contributed by atoms with Gasteiger partial charge < -0.3 is 14.8 Å². The second-order valence-corrected chi connectivity index (χ2v) is 5.64. The minimum atomic E-state index is 0.227. The molecule has 1 fully saturated rings. The zero-order valence-corrected chi connectivity index (χ0v) is 13.2. The number of likely N-dealkylation sites (N-methyl/N-ethyl adjacent to an activating group) is 1. The summed E-state index contributed by atoms with van der Waals surface area (Å²) in [6.07, 6.45) is 3.80. The van der Waals surface area contributed by atoms with E-state index in [0.717, 1.165) is 23.2 Å². The van der Waals surface area contributed by atoms with E-state index in [-0.39, 0.29) is 12.1 Å². The van der Waals surface area contributed by atoms with Crippen molar-refractivity contribution in [2.45, 2.75) is 38.3 Å². The summed E-state index contributed by atoms with van der Waals surface area (Å²) in [6, 6.07) is 6.40. The van der Waals surface area contributed by atoms with Gasteiger partial charge in [-0.2, -0.15) is 0 Å². The Labute approximate surface area is 123 Å². The molecule has 1 aromatic rings. The summed E-state index contributed by atoms with van der Waals surface area (Å²) < 4.78 is 12.5. The van der Waals surface area contributed by atoms with Gasteiger partial charge in [-0.15, -0.1) is 0 Å². The number of halogens is 1. The molecular weight excluding hydrogens is 306 g/mol. The topological polar surface area (TPSA) is 30.5 Å². The lowest BCUT2D eigenvalue weighted by atomic mass is 9.96. The van der Waals surface area contributed by atoms with Crippen molar-refractivity contribution in [3.63, 3.8) is 0 Å². The first-order valence-corrected chi connectivity index (χ1v) is 7.76. The molecule has 1 aliphatic heterocycles. The monoisotopic (exact) mass is 327 g/mol. The Kier molecular flexibility index (Phi) is 5.67. The molecule has 0 aliphatic carbocycles. The molecule has 1 N–H and O–H groups in total. The second kappa shape index (κ2) is 7.27. The molecule has 1 heterocycles. The molecule has 4 heteroatoms. The summed E-state index contributed by atoms with van der Waals surface area (Å²) in [5, 5.41) is 3.38. The minimum Gasteiger partial charge on any atom is -0.494 e. The maximum atomic E-state index is 5.90. The number of hydrogen-bond donors (Lipinski definition) is 1. The quantitative estimate of drug-likeness (QED) is 0.894. The van der Waals surface area contributed by atoms with Gasteiger partial charge in [0, 0.05) is 11.1 Å². The fourth-order valence-electron chi connectivity index (χ4n) is 2.59. The maximum Gasteiger partial charge on any atom is 0.120 e. The lowest BCUT2D eigenvalue weighted by Gasteiger charge is -2.31. The van der Waals surface area contributed by atoms with Gasteiger partial charge in [0.05, 0.1) is 18.8 Å². The molecule has 1 saturated heterocycles. The third-order valence-electron chi connectivity index (χ3n) is 3.52. The highest BCUT2D eigenvalue weighted by molar-refractivity contribution is 9.10. The van der Waals surface area contributed by atoms with Gasteiger partial charge in [0.25, 0.3) is 0 Å². The molecule has 2 atom stereocenters. The average Bonchev–Trinajstić information content (AvgIpc) is 2.43. The van der Waals surface area contributed by atoms with Gasteiger partial charge >= 0.3 is 0 Å². The van der Waals surface area contributed by atoms with E-state index in [2.05, 4.69) is 27.3 Å². The van der Waals surface area contributed by atoms with Crippen LogP contribution in [0.1, 0.15) is 37.8 Å².